The van der Waals surface area contributed by atoms with Gasteiger partial charge < -0.3 is 9.47 Å². The van der Waals surface area contributed by atoms with Crippen LogP contribution in [-0.4, -0.2) is 18.1 Å². The molecule has 4 nitrogen and oxygen atoms in total. The number of rotatable bonds is 7. The molecule has 1 aromatic heterocycles. The van der Waals surface area contributed by atoms with Crippen LogP contribution in [0.1, 0.15) is 21.6 Å². The minimum Gasteiger partial charge on any atom is -0.496 e. The topological polar surface area (TPSA) is 48.4 Å². The third kappa shape index (κ3) is 4.78. The maximum absolute atomic E-state index is 12.6. The molecule has 0 saturated carbocycles. The third-order valence-corrected chi connectivity index (χ3v) is 5.54. The van der Waals surface area contributed by atoms with Gasteiger partial charge in [0, 0.05) is 26.6 Å². The van der Waals surface area contributed by atoms with Crippen LogP contribution in [0.3, 0.4) is 0 Å². The highest BCUT2D eigenvalue weighted by Crippen LogP contribution is 2.28. The second-order valence-electron chi connectivity index (χ2n) is 5.30. The minimum atomic E-state index is -0.381. The van der Waals surface area contributed by atoms with Crippen molar-refractivity contribution >= 4 is 40.7 Å². The molecule has 0 aliphatic heterocycles. The fourth-order valence-electron chi connectivity index (χ4n) is 2.30. The van der Waals surface area contributed by atoms with Gasteiger partial charge in [0.05, 0.1) is 23.9 Å². The van der Waals surface area contributed by atoms with Crippen LogP contribution in [0.2, 0.25) is 5.02 Å². The van der Waals surface area contributed by atoms with Crippen LogP contribution < -0.4 is 4.74 Å². The lowest BCUT2D eigenvalue weighted by atomic mass is 10.2. The van der Waals surface area contributed by atoms with E-state index in [0.717, 1.165) is 16.2 Å². The van der Waals surface area contributed by atoms with Crippen molar-refractivity contribution in [2.24, 2.45) is 0 Å². The minimum absolute atomic E-state index is 0.0909. The molecule has 1 heterocycles. The second kappa shape index (κ2) is 9.07. The summed E-state index contributed by atoms with van der Waals surface area (Å²) in [5.74, 6) is 0.956. The standard InChI is InChI=1S/C19H16ClNO3S2/c1-23-17-7-6-14(20)8-13(17)9-24-19(22)16-4-2-3-5-18(16)26-11-15-10-25-12-21-15/h2-8,10,12H,9,11H2,1H3. The summed E-state index contributed by atoms with van der Waals surface area (Å²) in [6.07, 6.45) is 0. The van der Waals surface area contributed by atoms with Gasteiger partial charge in [-0.25, -0.2) is 9.78 Å². The van der Waals surface area contributed by atoms with Gasteiger partial charge in [-0.3, -0.25) is 0 Å². The molecule has 0 spiro atoms. The zero-order chi connectivity index (χ0) is 18.4. The van der Waals surface area contributed by atoms with Crippen LogP contribution in [0, 0.1) is 0 Å². The number of aromatic nitrogens is 1. The Hall–Kier alpha value is -2.02. The molecule has 0 fully saturated rings. The summed E-state index contributed by atoms with van der Waals surface area (Å²) in [6, 6.07) is 12.6. The molecule has 134 valence electrons. The number of esters is 1. The Morgan fingerprint density at radius 1 is 1.27 bits per heavy atom. The van der Waals surface area contributed by atoms with E-state index >= 15 is 0 Å². The predicted molar refractivity (Wildman–Crippen MR) is 105 cm³/mol. The number of thiazole rings is 1. The fraction of sp³-hybridized carbons (Fsp3) is 0.158. The Kier molecular flexibility index (Phi) is 6.55. The van der Waals surface area contributed by atoms with Crippen molar-refractivity contribution in [3.63, 3.8) is 0 Å². The summed E-state index contributed by atoms with van der Waals surface area (Å²) in [7, 11) is 1.57. The van der Waals surface area contributed by atoms with Gasteiger partial charge in [-0.05, 0) is 30.3 Å². The Bertz CT molecular complexity index is 884. The van der Waals surface area contributed by atoms with Crippen molar-refractivity contribution in [3.8, 4) is 5.75 Å². The Labute approximate surface area is 165 Å². The molecule has 7 heteroatoms. The predicted octanol–water partition coefficient (Wildman–Crippen LogP) is 5.45. The highest BCUT2D eigenvalue weighted by atomic mass is 35.5. The molecule has 3 rings (SSSR count). The number of thioether (sulfide) groups is 1. The number of nitrogens with zero attached hydrogens (tertiary/aromatic N) is 1. The molecule has 0 bridgehead atoms. The summed E-state index contributed by atoms with van der Waals surface area (Å²) < 4.78 is 10.8. The van der Waals surface area contributed by atoms with E-state index in [9.17, 15) is 4.79 Å². The lowest BCUT2D eigenvalue weighted by Gasteiger charge is -2.11. The molecule has 0 atom stereocenters. The van der Waals surface area contributed by atoms with E-state index in [1.807, 2.05) is 23.6 Å². The first-order valence-electron chi connectivity index (χ1n) is 7.76. The van der Waals surface area contributed by atoms with E-state index in [4.69, 9.17) is 21.1 Å². The van der Waals surface area contributed by atoms with Crippen LogP contribution in [0.5, 0.6) is 5.75 Å². The number of hydrogen-bond acceptors (Lipinski definition) is 6. The van der Waals surface area contributed by atoms with Crippen LogP contribution in [0.25, 0.3) is 0 Å². The van der Waals surface area contributed by atoms with Gasteiger partial charge in [0.2, 0.25) is 0 Å². The summed E-state index contributed by atoms with van der Waals surface area (Å²) in [5, 5.41) is 2.57. The highest BCUT2D eigenvalue weighted by Gasteiger charge is 2.15. The molecular weight excluding hydrogens is 390 g/mol. The molecule has 2 aromatic carbocycles. The van der Waals surface area contributed by atoms with Crippen molar-refractivity contribution in [3.05, 3.63) is 75.2 Å². The Morgan fingerprint density at radius 3 is 2.88 bits per heavy atom. The van der Waals surface area contributed by atoms with Crippen molar-refractivity contribution < 1.29 is 14.3 Å². The maximum atomic E-state index is 12.6. The molecule has 0 amide bonds. The first-order chi connectivity index (χ1) is 12.7. The Morgan fingerprint density at radius 2 is 2.12 bits per heavy atom. The molecule has 3 aromatic rings. The van der Waals surface area contributed by atoms with Crippen LogP contribution in [0.4, 0.5) is 0 Å². The fourth-order valence-corrected chi connectivity index (χ4v) is 4.10. The van der Waals surface area contributed by atoms with Gasteiger partial charge in [-0.2, -0.15) is 0 Å². The average Bonchev–Trinajstić information content (AvgIpc) is 3.18. The monoisotopic (exact) mass is 405 g/mol. The summed E-state index contributed by atoms with van der Waals surface area (Å²) in [6.45, 7) is 0.0909. The van der Waals surface area contributed by atoms with Gasteiger partial charge in [0.15, 0.2) is 0 Å². The van der Waals surface area contributed by atoms with Crippen LogP contribution >= 0.6 is 34.7 Å². The molecule has 0 N–H and O–H groups in total. The highest BCUT2D eigenvalue weighted by molar-refractivity contribution is 7.98. The van der Waals surface area contributed by atoms with Crippen molar-refractivity contribution in [1.82, 2.24) is 4.98 Å². The normalized spacial score (nSPS) is 10.5. The second-order valence-corrected chi connectivity index (χ2v) is 7.47. The molecule has 0 aliphatic carbocycles. The maximum Gasteiger partial charge on any atom is 0.339 e. The van der Waals surface area contributed by atoms with Gasteiger partial charge in [0.1, 0.15) is 12.4 Å². The van der Waals surface area contributed by atoms with Crippen molar-refractivity contribution in [1.29, 1.82) is 0 Å². The number of ether oxygens (including phenoxy) is 2. The molecule has 0 aliphatic rings. The molecule has 0 saturated heterocycles. The zero-order valence-electron chi connectivity index (χ0n) is 14.0. The quantitative estimate of drug-likeness (QED) is 0.386. The van der Waals surface area contributed by atoms with Gasteiger partial charge in [-0.1, -0.05) is 23.7 Å². The summed E-state index contributed by atoms with van der Waals surface area (Å²) in [4.78, 5) is 17.7. The number of halogens is 1. The van der Waals surface area contributed by atoms with Crippen LogP contribution in [-0.2, 0) is 17.1 Å². The zero-order valence-corrected chi connectivity index (χ0v) is 16.4. The van der Waals surface area contributed by atoms with E-state index < -0.39 is 0 Å². The number of hydrogen-bond donors (Lipinski definition) is 0. The SMILES string of the molecule is COc1ccc(Cl)cc1COC(=O)c1ccccc1SCc1cscn1. The summed E-state index contributed by atoms with van der Waals surface area (Å²) >= 11 is 9.14. The largest absolute Gasteiger partial charge is 0.496 e. The van der Waals surface area contributed by atoms with E-state index in [2.05, 4.69) is 4.98 Å². The Balaban J connectivity index is 1.69. The van der Waals surface area contributed by atoms with Gasteiger partial charge >= 0.3 is 5.97 Å². The molecular formula is C19H16ClNO3S2. The van der Waals surface area contributed by atoms with Gasteiger partial charge in [0.25, 0.3) is 0 Å². The van der Waals surface area contributed by atoms with Crippen LogP contribution in [0.15, 0.2) is 58.3 Å². The smallest absolute Gasteiger partial charge is 0.339 e. The van der Waals surface area contributed by atoms with E-state index in [1.54, 1.807) is 60.0 Å². The lowest BCUT2D eigenvalue weighted by Crippen LogP contribution is -2.07. The van der Waals surface area contributed by atoms with Gasteiger partial charge in [-0.15, -0.1) is 23.1 Å². The lowest BCUT2D eigenvalue weighted by molar-refractivity contribution is 0.0466. The van der Waals surface area contributed by atoms with Crippen molar-refractivity contribution in [2.75, 3.05) is 7.11 Å². The van der Waals surface area contributed by atoms with Crippen molar-refractivity contribution in [2.45, 2.75) is 17.3 Å². The first-order valence-corrected chi connectivity index (χ1v) is 10.1. The third-order valence-electron chi connectivity index (χ3n) is 3.57. The summed E-state index contributed by atoms with van der Waals surface area (Å²) in [5.41, 5.74) is 4.05. The van der Waals surface area contributed by atoms with E-state index in [0.29, 0.717) is 22.1 Å². The number of methoxy groups -OCH3 is 1. The van der Waals surface area contributed by atoms with E-state index in [-0.39, 0.29) is 12.6 Å². The first kappa shape index (κ1) is 18.8. The molecule has 0 radical (unpaired) electrons. The number of carbonyl (C=O) groups excluding carboxylic acids is 1. The molecule has 26 heavy (non-hydrogen) atoms. The number of benzene rings is 2. The average molecular weight is 406 g/mol. The van der Waals surface area contributed by atoms with E-state index in [1.165, 1.54) is 0 Å². The molecule has 0 unspecified atom stereocenters. The number of carbonyl (C=O) groups is 1.